The number of aliphatic imine (C=N–C) groups is 2. The number of guanidine groups is 1. The van der Waals surface area contributed by atoms with Gasteiger partial charge in [0.15, 0.2) is 0 Å². The maximum Gasteiger partial charge on any atom is 0.281 e. The van der Waals surface area contributed by atoms with Crippen LogP contribution in [0.1, 0.15) is 6.92 Å². The van der Waals surface area contributed by atoms with Crippen LogP contribution in [0.2, 0.25) is 0 Å². The molecule has 1 amide bonds. The lowest BCUT2D eigenvalue weighted by Gasteiger charge is -2.37. The van der Waals surface area contributed by atoms with Gasteiger partial charge in [0.1, 0.15) is 5.82 Å². The van der Waals surface area contributed by atoms with Gasteiger partial charge in [-0.2, -0.15) is 4.99 Å². The monoisotopic (exact) mass is 300 g/mol. The summed E-state index contributed by atoms with van der Waals surface area (Å²) in [7, 11) is 0. The molecule has 5 nitrogen and oxygen atoms in total. The number of halogens is 1. The minimum Gasteiger partial charge on any atom is -0.366 e. The number of amides is 1. The van der Waals surface area contributed by atoms with Gasteiger partial charge in [-0.1, -0.05) is 18.7 Å². The molecule has 1 aromatic carbocycles. The first-order chi connectivity index (χ1) is 10.6. The second-order valence-corrected chi connectivity index (χ2v) is 5.32. The molecule has 0 bridgehead atoms. The van der Waals surface area contributed by atoms with Crippen LogP contribution in [0.5, 0.6) is 0 Å². The second kappa shape index (κ2) is 5.71. The highest BCUT2D eigenvalue weighted by molar-refractivity contribution is 6.27. The van der Waals surface area contributed by atoms with Crippen LogP contribution < -0.4 is 4.90 Å². The number of rotatable bonds is 1. The minimum atomic E-state index is -0.334. The summed E-state index contributed by atoms with van der Waals surface area (Å²) in [5, 5.41) is 0. The van der Waals surface area contributed by atoms with Gasteiger partial charge in [-0.05, 0) is 19.1 Å². The van der Waals surface area contributed by atoms with E-state index in [9.17, 15) is 9.18 Å². The molecule has 22 heavy (non-hydrogen) atoms. The van der Waals surface area contributed by atoms with Crippen molar-refractivity contribution >= 4 is 23.3 Å². The number of piperazine rings is 1. The van der Waals surface area contributed by atoms with Crippen LogP contribution in [-0.2, 0) is 4.79 Å². The number of hydrogen-bond acceptors (Lipinski definition) is 4. The molecule has 0 saturated carbocycles. The average Bonchev–Trinajstić information content (AvgIpc) is 2.53. The molecule has 2 aliphatic rings. The Morgan fingerprint density at radius 2 is 1.73 bits per heavy atom. The highest BCUT2D eigenvalue weighted by atomic mass is 19.1. The zero-order valence-corrected chi connectivity index (χ0v) is 12.4. The number of benzene rings is 1. The molecule has 2 heterocycles. The lowest BCUT2D eigenvalue weighted by atomic mass is 10.2. The SMILES string of the molecule is C=C1C(=O)N=C(N2CCN(c3ccccc3F)CC2)N=C1C. The Hall–Kier alpha value is -2.50. The minimum absolute atomic E-state index is 0.216. The van der Waals surface area contributed by atoms with Crippen LogP contribution in [0, 0.1) is 5.82 Å². The molecular weight excluding hydrogens is 283 g/mol. The van der Waals surface area contributed by atoms with E-state index in [4.69, 9.17) is 0 Å². The van der Waals surface area contributed by atoms with Crippen LogP contribution in [0.3, 0.4) is 0 Å². The maximum atomic E-state index is 13.8. The third kappa shape index (κ3) is 2.64. The molecule has 1 saturated heterocycles. The molecular formula is C16H17FN4O. The number of anilines is 1. The molecule has 2 aliphatic heterocycles. The standard InChI is InChI=1S/C16H17FN4O/c1-11-12(2)18-16(19-15(11)22)21-9-7-20(8-10-21)14-6-4-3-5-13(14)17/h3-6H,1,7-10H2,2H3. The molecule has 0 aromatic heterocycles. The van der Waals surface area contributed by atoms with E-state index in [2.05, 4.69) is 16.6 Å². The zero-order valence-electron chi connectivity index (χ0n) is 12.4. The topological polar surface area (TPSA) is 48.3 Å². The molecule has 0 atom stereocenters. The normalized spacial score (nSPS) is 19.2. The molecule has 0 aliphatic carbocycles. The number of para-hydroxylation sites is 1. The van der Waals surface area contributed by atoms with E-state index in [1.807, 2.05) is 15.9 Å². The molecule has 1 fully saturated rings. The second-order valence-electron chi connectivity index (χ2n) is 5.32. The van der Waals surface area contributed by atoms with Crippen LogP contribution in [0.15, 0.2) is 46.4 Å². The fourth-order valence-corrected chi connectivity index (χ4v) is 2.55. The quantitative estimate of drug-likeness (QED) is 0.744. The number of carbonyl (C=O) groups is 1. The summed E-state index contributed by atoms with van der Waals surface area (Å²) in [4.78, 5) is 24.0. The Morgan fingerprint density at radius 1 is 1.09 bits per heavy atom. The lowest BCUT2D eigenvalue weighted by Crippen LogP contribution is -2.49. The predicted octanol–water partition coefficient (Wildman–Crippen LogP) is 1.86. The summed E-state index contributed by atoms with van der Waals surface area (Å²) in [6.07, 6.45) is 0. The first-order valence-electron chi connectivity index (χ1n) is 7.18. The average molecular weight is 300 g/mol. The molecule has 6 heteroatoms. The van der Waals surface area contributed by atoms with Crippen LogP contribution in [0.4, 0.5) is 10.1 Å². The smallest absolute Gasteiger partial charge is 0.281 e. The zero-order chi connectivity index (χ0) is 15.7. The van der Waals surface area contributed by atoms with Gasteiger partial charge in [0.2, 0.25) is 5.96 Å². The van der Waals surface area contributed by atoms with Crippen molar-refractivity contribution in [3.05, 3.63) is 42.2 Å². The highest BCUT2D eigenvalue weighted by Crippen LogP contribution is 2.20. The summed E-state index contributed by atoms with van der Waals surface area (Å²) in [6.45, 7) is 8.01. The largest absolute Gasteiger partial charge is 0.366 e. The third-order valence-corrected chi connectivity index (χ3v) is 3.92. The van der Waals surface area contributed by atoms with Gasteiger partial charge in [-0.15, -0.1) is 0 Å². The Morgan fingerprint density at radius 3 is 2.36 bits per heavy atom. The lowest BCUT2D eigenvalue weighted by molar-refractivity contribution is -0.114. The van der Waals surface area contributed by atoms with Crippen molar-refractivity contribution in [2.75, 3.05) is 31.1 Å². The van der Waals surface area contributed by atoms with Gasteiger partial charge in [-0.25, -0.2) is 9.38 Å². The van der Waals surface area contributed by atoms with Gasteiger partial charge in [0.25, 0.3) is 5.91 Å². The number of hydrogen-bond donors (Lipinski definition) is 0. The van der Waals surface area contributed by atoms with Crippen molar-refractivity contribution < 1.29 is 9.18 Å². The number of nitrogens with zero attached hydrogens (tertiary/aromatic N) is 4. The van der Waals surface area contributed by atoms with Crippen molar-refractivity contribution in [3.8, 4) is 0 Å². The van der Waals surface area contributed by atoms with Gasteiger partial charge in [0.05, 0.1) is 17.0 Å². The van der Waals surface area contributed by atoms with Crippen molar-refractivity contribution in [3.63, 3.8) is 0 Å². The van der Waals surface area contributed by atoms with Crippen LogP contribution in [0.25, 0.3) is 0 Å². The maximum absolute atomic E-state index is 13.8. The Balaban J connectivity index is 1.70. The van der Waals surface area contributed by atoms with E-state index in [1.165, 1.54) is 6.07 Å². The summed E-state index contributed by atoms with van der Waals surface area (Å²) in [5.41, 5.74) is 1.55. The van der Waals surface area contributed by atoms with Gasteiger partial charge in [0, 0.05) is 26.2 Å². The highest BCUT2D eigenvalue weighted by Gasteiger charge is 2.25. The molecule has 0 N–H and O–H groups in total. The summed E-state index contributed by atoms with van der Waals surface area (Å²) in [6, 6.07) is 6.75. The molecule has 1 aromatic rings. The predicted molar refractivity (Wildman–Crippen MR) is 84.9 cm³/mol. The first-order valence-corrected chi connectivity index (χ1v) is 7.18. The van der Waals surface area contributed by atoms with E-state index in [0.717, 1.165) is 0 Å². The van der Waals surface area contributed by atoms with Gasteiger partial charge >= 0.3 is 0 Å². The van der Waals surface area contributed by atoms with Crippen LogP contribution >= 0.6 is 0 Å². The molecule has 114 valence electrons. The molecule has 0 unspecified atom stereocenters. The Kier molecular flexibility index (Phi) is 3.75. The van der Waals surface area contributed by atoms with Crippen LogP contribution in [-0.4, -0.2) is 48.7 Å². The van der Waals surface area contributed by atoms with E-state index in [-0.39, 0.29) is 11.7 Å². The Bertz CT molecular complexity index is 687. The molecule has 0 spiro atoms. The van der Waals surface area contributed by atoms with Gasteiger partial charge < -0.3 is 9.80 Å². The van der Waals surface area contributed by atoms with E-state index in [1.54, 1.807) is 19.1 Å². The molecule has 0 radical (unpaired) electrons. The van der Waals surface area contributed by atoms with Gasteiger partial charge in [-0.3, -0.25) is 4.79 Å². The fraction of sp³-hybridized carbons (Fsp3) is 0.312. The summed E-state index contributed by atoms with van der Waals surface area (Å²) < 4.78 is 13.8. The third-order valence-electron chi connectivity index (χ3n) is 3.92. The van der Waals surface area contributed by atoms with E-state index >= 15 is 0 Å². The summed E-state index contributed by atoms with van der Waals surface area (Å²) >= 11 is 0. The first kappa shape index (κ1) is 14.4. The van der Waals surface area contributed by atoms with Crippen molar-refractivity contribution in [2.24, 2.45) is 9.98 Å². The fourth-order valence-electron chi connectivity index (χ4n) is 2.55. The number of carbonyl (C=O) groups excluding carboxylic acids is 1. The van der Waals surface area contributed by atoms with E-state index < -0.39 is 0 Å². The molecule has 3 rings (SSSR count). The summed E-state index contributed by atoms with van der Waals surface area (Å²) in [5.74, 6) is -0.117. The van der Waals surface area contributed by atoms with E-state index in [0.29, 0.717) is 49.1 Å². The van der Waals surface area contributed by atoms with Crippen molar-refractivity contribution in [2.45, 2.75) is 6.92 Å². The van der Waals surface area contributed by atoms with Crippen molar-refractivity contribution in [1.29, 1.82) is 0 Å². The van der Waals surface area contributed by atoms with Crippen molar-refractivity contribution in [1.82, 2.24) is 4.90 Å². The Labute approximate surface area is 128 Å².